The van der Waals surface area contributed by atoms with Crippen molar-refractivity contribution in [3.8, 4) is 5.75 Å². The number of halogens is 1. The maximum absolute atomic E-state index is 9.83. The third-order valence-corrected chi connectivity index (χ3v) is 2.98. The van der Waals surface area contributed by atoms with Gasteiger partial charge in [0.1, 0.15) is 5.75 Å². The number of hydrogen-bond donors (Lipinski definition) is 3. The van der Waals surface area contributed by atoms with Crippen LogP contribution in [0.15, 0.2) is 16.6 Å². The van der Waals surface area contributed by atoms with Gasteiger partial charge in [0.2, 0.25) is 0 Å². The van der Waals surface area contributed by atoms with Crippen LogP contribution in [0.4, 0.5) is 5.69 Å². The fourth-order valence-electron chi connectivity index (χ4n) is 1.58. The van der Waals surface area contributed by atoms with Crippen molar-refractivity contribution in [2.75, 3.05) is 5.73 Å². The Bertz CT molecular complexity index is 353. The van der Waals surface area contributed by atoms with Crippen molar-refractivity contribution in [1.29, 1.82) is 0 Å². The zero-order valence-corrected chi connectivity index (χ0v) is 10.6. The number of phenols is 1. The number of benzene rings is 1. The predicted molar refractivity (Wildman–Crippen MR) is 66.6 cm³/mol. The molecule has 0 unspecified atom stereocenters. The highest BCUT2D eigenvalue weighted by Crippen LogP contribution is 2.37. The van der Waals surface area contributed by atoms with Gasteiger partial charge in [0.05, 0.1) is 5.69 Å². The summed E-state index contributed by atoms with van der Waals surface area (Å²) in [6, 6.07) is 3.28. The average Bonchev–Trinajstić information content (AvgIpc) is 2.11. The summed E-state index contributed by atoms with van der Waals surface area (Å²) in [6.45, 7) is 4.19. The quantitative estimate of drug-likeness (QED) is 0.585. The lowest BCUT2D eigenvalue weighted by Crippen LogP contribution is -2.14. The summed E-state index contributed by atoms with van der Waals surface area (Å²) in [5, 5.41) is 9.83. The lowest BCUT2D eigenvalue weighted by molar-refractivity contribution is 0.446. The van der Waals surface area contributed by atoms with Crippen LogP contribution >= 0.6 is 15.9 Å². The Labute approximate surface area is 98.6 Å². The molecule has 1 aromatic rings. The summed E-state index contributed by atoms with van der Waals surface area (Å²) >= 11 is 3.38. The topological polar surface area (TPSA) is 72.3 Å². The van der Waals surface area contributed by atoms with Gasteiger partial charge in [-0.1, -0.05) is 29.8 Å². The lowest BCUT2D eigenvalue weighted by Gasteiger charge is -2.18. The van der Waals surface area contributed by atoms with Gasteiger partial charge >= 0.3 is 0 Å². The molecular weight excluding hydrogens is 256 g/mol. The first-order chi connectivity index (χ1) is 6.93. The first-order valence-electron chi connectivity index (χ1n) is 4.96. The Morgan fingerprint density at radius 2 is 2.00 bits per heavy atom. The van der Waals surface area contributed by atoms with Crippen molar-refractivity contribution in [2.45, 2.75) is 26.3 Å². The molecule has 0 aromatic heterocycles. The number of phenolic OH excluding ortho intramolecular Hbond substituents is 1. The van der Waals surface area contributed by atoms with E-state index in [2.05, 4.69) is 29.8 Å². The highest BCUT2D eigenvalue weighted by molar-refractivity contribution is 9.10. The van der Waals surface area contributed by atoms with Crippen LogP contribution < -0.4 is 11.5 Å². The van der Waals surface area contributed by atoms with E-state index in [0.717, 1.165) is 10.9 Å². The van der Waals surface area contributed by atoms with E-state index in [4.69, 9.17) is 11.5 Å². The Balaban J connectivity index is 3.07. The van der Waals surface area contributed by atoms with Crippen LogP contribution in [-0.2, 0) is 0 Å². The first kappa shape index (κ1) is 12.3. The maximum atomic E-state index is 9.83. The number of rotatable bonds is 3. The summed E-state index contributed by atoms with van der Waals surface area (Å²) in [4.78, 5) is 0. The number of nitrogens with two attached hydrogens (primary N) is 2. The van der Waals surface area contributed by atoms with Crippen LogP contribution in [0.3, 0.4) is 0 Å². The third kappa shape index (κ3) is 2.86. The molecule has 0 heterocycles. The molecule has 84 valence electrons. The van der Waals surface area contributed by atoms with Crippen LogP contribution in [0.25, 0.3) is 0 Å². The van der Waals surface area contributed by atoms with E-state index in [9.17, 15) is 5.11 Å². The van der Waals surface area contributed by atoms with Gasteiger partial charge in [0, 0.05) is 16.1 Å². The van der Waals surface area contributed by atoms with E-state index in [1.54, 1.807) is 6.07 Å². The summed E-state index contributed by atoms with van der Waals surface area (Å²) in [6.07, 6.45) is 0.815. The highest BCUT2D eigenvalue weighted by atomic mass is 79.9. The first-order valence-corrected chi connectivity index (χ1v) is 5.75. The van der Waals surface area contributed by atoms with E-state index in [1.807, 2.05) is 6.07 Å². The van der Waals surface area contributed by atoms with Crippen LogP contribution in [0.2, 0.25) is 0 Å². The Kier molecular flexibility index (Phi) is 3.99. The summed E-state index contributed by atoms with van der Waals surface area (Å²) in [7, 11) is 0. The molecule has 0 fully saturated rings. The van der Waals surface area contributed by atoms with Gasteiger partial charge in [-0.2, -0.15) is 0 Å². The second kappa shape index (κ2) is 4.86. The van der Waals surface area contributed by atoms with E-state index in [-0.39, 0.29) is 11.8 Å². The lowest BCUT2D eigenvalue weighted by atomic mass is 9.97. The molecule has 0 aliphatic heterocycles. The highest BCUT2D eigenvalue weighted by Gasteiger charge is 2.17. The maximum Gasteiger partial charge on any atom is 0.144 e. The monoisotopic (exact) mass is 272 g/mol. The van der Waals surface area contributed by atoms with Gasteiger partial charge in [0.15, 0.2) is 0 Å². The fourth-order valence-corrected chi connectivity index (χ4v) is 2.19. The second-order valence-corrected chi connectivity index (χ2v) is 4.99. The Morgan fingerprint density at radius 3 is 2.53 bits per heavy atom. The molecule has 0 spiro atoms. The molecule has 0 saturated heterocycles. The number of anilines is 1. The zero-order chi connectivity index (χ0) is 11.6. The molecule has 0 saturated carbocycles. The van der Waals surface area contributed by atoms with Crippen LogP contribution in [0.1, 0.15) is 31.9 Å². The van der Waals surface area contributed by atoms with Crippen molar-refractivity contribution in [2.24, 2.45) is 11.7 Å². The molecule has 4 heteroatoms. The molecule has 1 aromatic carbocycles. The molecule has 5 N–H and O–H groups in total. The van der Waals surface area contributed by atoms with Gasteiger partial charge in [-0.05, 0) is 24.5 Å². The molecule has 3 nitrogen and oxygen atoms in total. The molecule has 1 atom stereocenters. The van der Waals surface area contributed by atoms with Crippen molar-refractivity contribution < 1.29 is 5.11 Å². The van der Waals surface area contributed by atoms with Gasteiger partial charge < -0.3 is 16.6 Å². The van der Waals surface area contributed by atoms with Crippen molar-refractivity contribution in [3.05, 3.63) is 22.2 Å². The molecule has 0 aliphatic rings. The summed E-state index contributed by atoms with van der Waals surface area (Å²) in [5.41, 5.74) is 12.7. The van der Waals surface area contributed by atoms with Crippen molar-refractivity contribution in [3.63, 3.8) is 0 Å². The molecule has 0 aliphatic carbocycles. The van der Waals surface area contributed by atoms with E-state index < -0.39 is 0 Å². The molecule has 15 heavy (non-hydrogen) atoms. The molecule has 1 rings (SSSR count). The Morgan fingerprint density at radius 1 is 1.40 bits per heavy atom. The normalized spacial score (nSPS) is 13.1. The van der Waals surface area contributed by atoms with Gasteiger partial charge in [-0.15, -0.1) is 0 Å². The standard InChI is InChI=1S/C11H17BrN2O/c1-6(2)5-9(14)10-7(12)3-4-8(13)11(10)15/h3-4,6,9,15H,5,13-14H2,1-2H3/t9-/m0/s1. The minimum atomic E-state index is -0.192. The summed E-state index contributed by atoms with van der Waals surface area (Å²) < 4.78 is 0.808. The van der Waals surface area contributed by atoms with Crippen LogP contribution in [0, 0.1) is 5.92 Å². The molecular formula is C11H17BrN2O. The van der Waals surface area contributed by atoms with Gasteiger partial charge in [-0.3, -0.25) is 0 Å². The van der Waals surface area contributed by atoms with Crippen molar-refractivity contribution >= 4 is 21.6 Å². The van der Waals surface area contributed by atoms with Crippen molar-refractivity contribution in [1.82, 2.24) is 0 Å². The second-order valence-electron chi connectivity index (χ2n) is 4.13. The number of aromatic hydroxyl groups is 1. The average molecular weight is 273 g/mol. The fraction of sp³-hybridized carbons (Fsp3) is 0.455. The Hall–Kier alpha value is -0.740. The SMILES string of the molecule is CC(C)C[C@H](N)c1c(Br)ccc(N)c1O. The zero-order valence-electron chi connectivity index (χ0n) is 9.00. The smallest absolute Gasteiger partial charge is 0.144 e. The largest absolute Gasteiger partial charge is 0.505 e. The molecule has 0 bridgehead atoms. The van der Waals surface area contributed by atoms with Gasteiger partial charge in [0.25, 0.3) is 0 Å². The number of hydrogen-bond acceptors (Lipinski definition) is 3. The van der Waals surface area contributed by atoms with E-state index in [1.165, 1.54) is 0 Å². The predicted octanol–water partition coefficient (Wildman–Crippen LogP) is 2.78. The molecule has 0 radical (unpaired) electrons. The minimum absolute atomic E-state index is 0.0949. The van der Waals surface area contributed by atoms with E-state index in [0.29, 0.717) is 17.2 Å². The van der Waals surface area contributed by atoms with Crippen LogP contribution in [-0.4, -0.2) is 5.11 Å². The third-order valence-electron chi connectivity index (χ3n) is 2.29. The minimum Gasteiger partial charge on any atom is -0.505 e. The van der Waals surface area contributed by atoms with Gasteiger partial charge in [-0.25, -0.2) is 0 Å². The van der Waals surface area contributed by atoms with Crippen LogP contribution in [0.5, 0.6) is 5.75 Å². The molecule has 0 amide bonds. The summed E-state index contributed by atoms with van der Waals surface area (Å²) in [5.74, 6) is 0.574. The number of nitrogen functional groups attached to an aromatic ring is 1. The van der Waals surface area contributed by atoms with E-state index >= 15 is 0 Å².